The molecule has 0 bridgehead atoms. The normalized spacial score (nSPS) is 15.3. The number of nitrogens with zero attached hydrogens (tertiary/aromatic N) is 2. The number of fused-ring (bicyclic) bond motifs is 1. The van der Waals surface area contributed by atoms with E-state index in [1.54, 1.807) is 50.4 Å². The van der Waals surface area contributed by atoms with Crippen LogP contribution in [0.25, 0.3) is 6.08 Å². The first-order valence-electron chi connectivity index (χ1n) is 10.7. The Kier molecular flexibility index (Phi) is 7.23. The summed E-state index contributed by atoms with van der Waals surface area (Å²) in [5.74, 6) is 0.427. The molecule has 180 valence electrons. The van der Waals surface area contributed by atoms with E-state index in [0.29, 0.717) is 37.1 Å². The number of halogens is 1. The molecule has 0 unspecified atom stereocenters. The van der Waals surface area contributed by atoms with Crippen molar-refractivity contribution in [1.29, 1.82) is 0 Å². The molecular formula is C26H23ClN2O5S. The quantitative estimate of drug-likeness (QED) is 0.358. The van der Waals surface area contributed by atoms with Gasteiger partial charge in [-0.1, -0.05) is 53.8 Å². The number of thiazole rings is 1. The maximum atomic E-state index is 13.7. The molecule has 0 radical (unpaired) electrons. The molecule has 7 nitrogen and oxygen atoms in total. The van der Waals surface area contributed by atoms with Gasteiger partial charge in [-0.15, -0.1) is 0 Å². The van der Waals surface area contributed by atoms with Crippen LogP contribution in [0.2, 0.25) is 5.02 Å². The van der Waals surface area contributed by atoms with Crippen molar-refractivity contribution < 1.29 is 19.0 Å². The fourth-order valence-electron chi connectivity index (χ4n) is 3.88. The highest BCUT2D eigenvalue weighted by atomic mass is 35.5. The van der Waals surface area contributed by atoms with E-state index < -0.39 is 12.0 Å². The molecule has 35 heavy (non-hydrogen) atoms. The molecule has 2 heterocycles. The van der Waals surface area contributed by atoms with Crippen LogP contribution in [0.1, 0.15) is 24.1 Å². The smallest absolute Gasteiger partial charge is 0.338 e. The van der Waals surface area contributed by atoms with Crippen LogP contribution in [0, 0.1) is 0 Å². The monoisotopic (exact) mass is 510 g/mol. The van der Waals surface area contributed by atoms with Crippen molar-refractivity contribution in [2.24, 2.45) is 4.99 Å². The first-order valence-corrected chi connectivity index (χ1v) is 11.9. The van der Waals surface area contributed by atoms with E-state index in [-0.39, 0.29) is 17.7 Å². The van der Waals surface area contributed by atoms with Crippen molar-refractivity contribution in [3.8, 4) is 11.5 Å². The molecule has 0 aliphatic carbocycles. The molecule has 0 saturated carbocycles. The summed E-state index contributed by atoms with van der Waals surface area (Å²) in [6.07, 6.45) is 3.25. The van der Waals surface area contributed by atoms with E-state index in [1.165, 1.54) is 29.1 Å². The maximum Gasteiger partial charge on any atom is 0.338 e. The number of hydrogen-bond donors (Lipinski definition) is 0. The standard InChI is InChI=1S/C26H23ClN2O5S/c1-5-11-34-25(31)22-15(2)28-26-29(23(22)17-9-10-19(32-3)20(14-17)33-4)24(30)21(35-26)13-16-7-6-8-18(27)12-16/h5-10,12-14,23H,1,11H2,2-4H3/b21-13-/t23-/m0/s1. The molecule has 4 rings (SSSR count). The first kappa shape index (κ1) is 24.5. The number of allylic oxidation sites excluding steroid dienone is 1. The van der Waals surface area contributed by atoms with Gasteiger partial charge in [-0.05, 0) is 48.4 Å². The van der Waals surface area contributed by atoms with Crippen molar-refractivity contribution in [3.63, 3.8) is 0 Å². The second-order valence-corrected chi connectivity index (χ2v) is 9.08. The van der Waals surface area contributed by atoms with Gasteiger partial charge in [0.05, 0.1) is 36.1 Å². The lowest BCUT2D eigenvalue weighted by Gasteiger charge is -2.25. The summed E-state index contributed by atoms with van der Waals surface area (Å²) in [6, 6.07) is 11.7. The number of rotatable bonds is 7. The first-order chi connectivity index (χ1) is 16.9. The van der Waals surface area contributed by atoms with Gasteiger partial charge in [0.25, 0.3) is 5.56 Å². The van der Waals surface area contributed by atoms with Crippen LogP contribution in [0.15, 0.2) is 76.2 Å². The molecule has 2 aromatic carbocycles. The zero-order chi connectivity index (χ0) is 25.1. The van der Waals surface area contributed by atoms with Crippen LogP contribution in [-0.4, -0.2) is 31.4 Å². The molecule has 0 saturated heterocycles. The second kappa shape index (κ2) is 10.3. The van der Waals surface area contributed by atoms with E-state index in [2.05, 4.69) is 11.6 Å². The summed E-state index contributed by atoms with van der Waals surface area (Å²) in [5, 5.41) is 0.567. The second-order valence-electron chi connectivity index (χ2n) is 7.64. The number of methoxy groups -OCH3 is 2. The molecule has 9 heteroatoms. The van der Waals surface area contributed by atoms with Crippen molar-refractivity contribution >= 4 is 35.0 Å². The zero-order valence-electron chi connectivity index (χ0n) is 19.4. The van der Waals surface area contributed by atoms with Gasteiger partial charge in [0, 0.05) is 5.02 Å². The summed E-state index contributed by atoms with van der Waals surface area (Å²) in [5.41, 5.74) is 1.88. The number of ether oxygens (including phenoxy) is 3. The predicted octanol–water partition coefficient (Wildman–Crippen LogP) is 3.64. The lowest BCUT2D eigenvalue weighted by Crippen LogP contribution is -2.40. The van der Waals surface area contributed by atoms with Gasteiger partial charge in [-0.2, -0.15) is 0 Å². The van der Waals surface area contributed by atoms with Gasteiger partial charge in [-0.25, -0.2) is 9.79 Å². The topological polar surface area (TPSA) is 79.1 Å². The average Bonchev–Trinajstić information content (AvgIpc) is 3.15. The molecule has 0 N–H and O–H groups in total. The van der Waals surface area contributed by atoms with E-state index in [1.807, 2.05) is 12.1 Å². The lowest BCUT2D eigenvalue weighted by atomic mass is 9.95. The fraction of sp³-hybridized carbons (Fsp3) is 0.192. The Morgan fingerprint density at radius 2 is 1.97 bits per heavy atom. The predicted molar refractivity (Wildman–Crippen MR) is 136 cm³/mol. The highest BCUT2D eigenvalue weighted by Gasteiger charge is 2.34. The third-order valence-corrected chi connectivity index (χ3v) is 6.66. The fourth-order valence-corrected chi connectivity index (χ4v) is 5.13. The summed E-state index contributed by atoms with van der Waals surface area (Å²) in [7, 11) is 3.07. The van der Waals surface area contributed by atoms with E-state index in [4.69, 9.17) is 25.8 Å². The number of carbonyl (C=O) groups excluding carboxylic acids is 1. The highest BCUT2D eigenvalue weighted by Crippen LogP contribution is 2.36. The van der Waals surface area contributed by atoms with Crippen LogP contribution < -0.4 is 24.4 Å². The molecule has 1 aliphatic rings. The highest BCUT2D eigenvalue weighted by molar-refractivity contribution is 7.07. The Bertz CT molecular complexity index is 1520. The van der Waals surface area contributed by atoms with Crippen LogP contribution in [0.4, 0.5) is 0 Å². The van der Waals surface area contributed by atoms with Gasteiger partial charge in [0.1, 0.15) is 6.61 Å². The van der Waals surface area contributed by atoms with Crippen LogP contribution in [-0.2, 0) is 9.53 Å². The summed E-state index contributed by atoms with van der Waals surface area (Å²) in [4.78, 5) is 31.8. The minimum Gasteiger partial charge on any atom is -0.493 e. The molecule has 0 amide bonds. The summed E-state index contributed by atoms with van der Waals surface area (Å²) < 4.78 is 18.2. The minimum atomic E-state index is -0.773. The van der Waals surface area contributed by atoms with E-state index in [9.17, 15) is 9.59 Å². The Hall–Kier alpha value is -3.62. The Morgan fingerprint density at radius 3 is 2.66 bits per heavy atom. The van der Waals surface area contributed by atoms with Gasteiger partial charge in [-0.3, -0.25) is 9.36 Å². The molecule has 0 spiro atoms. The zero-order valence-corrected chi connectivity index (χ0v) is 21.0. The van der Waals surface area contributed by atoms with Gasteiger partial charge < -0.3 is 14.2 Å². The number of aromatic nitrogens is 1. The van der Waals surface area contributed by atoms with Crippen molar-refractivity contribution in [1.82, 2.24) is 4.57 Å². The average molecular weight is 511 g/mol. The van der Waals surface area contributed by atoms with Gasteiger partial charge in [0.15, 0.2) is 16.3 Å². The Morgan fingerprint density at radius 1 is 1.20 bits per heavy atom. The third kappa shape index (κ3) is 4.80. The summed E-state index contributed by atoms with van der Waals surface area (Å²) >= 11 is 7.36. The summed E-state index contributed by atoms with van der Waals surface area (Å²) in [6.45, 7) is 5.36. The molecule has 0 fully saturated rings. The molecule has 1 aliphatic heterocycles. The largest absolute Gasteiger partial charge is 0.493 e. The van der Waals surface area contributed by atoms with Crippen LogP contribution >= 0.6 is 22.9 Å². The SMILES string of the molecule is C=CCOC(=O)C1=C(C)N=c2s/c(=C\c3cccc(Cl)c3)c(=O)n2[C@H]1c1ccc(OC)c(OC)c1. The van der Waals surface area contributed by atoms with Gasteiger partial charge >= 0.3 is 5.97 Å². The Labute approximate surface area is 210 Å². The van der Waals surface area contributed by atoms with Crippen molar-refractivity contribution in [2.45, 2.75) is 13.0 Å². The van der Waals surface area contributed by atoms with Gasteiger partial charge in [0.2, 0.25) is 0 Å². The number of carbonyl (C=O) groups is 1. The number of hydrogen-bond acceptors (Lipinski definition) is 7. The lowest BCUT2D eigenvalue weighted by molar-refractivity contribution is -0.138. The minimum absolute atomic E-state index is 0.0352. The third-order valence-electron chi connectivity index (χ3n) is 5.44. The van der Waals surface area contributed by atoms with Crippen LogP contribution in [0.3, 0.4) is 0 Å². The molecule has 1 aromatic heterocycles. The van der Waals surface area contributed by atoms with Crippen molar-refractivity contribution in [2.75, 3.05) is 20.8 Å². The molecular weight excluding hydrogens is 488 g/mol. The molecule has 3 aromatic rings. The number of benzene rings is 2. The van der Waals surface area contributed by atoms with Crippen molar-refractivity contribution in [3.05, 3.63) is 102 Å². The number of esters is 1. The van der Waals surface area contributed by atoms with E-state index >= 15 is 0 Å². The molecule has 1 atom stereocenters. The Balaban J connectivity index is 1.96. The van der Waals surface area contributed by atoms with E-state index in [0.717, 1.165) is 5.56 Å². The van der Waals surface area contributed by atoms with Crippen LogP contribution in [0.5, 0.6) is 11.5 Å². The maximum absolute atomic E-state index is 13.7.